The van der Waals surface area contributed by atoms with Gasteiger partial charge in [0, 0.05) is 16.2 Å². The van der Waals surface area contributed by atoms with Crippen molar-refractivity contribution in [2.75, 3.05) is 0 Å². The van der Waals surface area contributed by atoms with E-state index in [4.69, 9.17) is 12.2 Å². The van der Waals surface area contributed by atoms with Crippen LogP contribution in [0.1, 0.15) is 36.8 Å². The van der Waals surface area contributed by atoms with Crippen molar-refractivity contribution in [1.29, 1.82) is 0 Å². The zero-order valence-corrected chi connectivity index (χ0v) is 13.4. The van der Waals surface area contributed by atoms with E-state index in [0.717, 1.165) is 22.0 Å². The van der Waals surface area contributed by atoms with Crippen molar-refractivity contribution < 1.29 is 4.39 Å². The van der Waals surface area contributed by atoms with Gasteiger partial charge < -0.3 is 4.98 Å². The minimum atomic E-state index is -0.219. The van der Waals surface area contributed by atoms with Gasteiger partial charge in [-0.3, -0.25) is 0 Å². The average molecular weight is 308 g/mol. The molecule has 20 heavy (non-hydrogen) atoms. The molecule has 0 radical (unpaired) electrons. The first-order chi connectivity index (χ1) is 9.47. The number of aromatic nitrogens is 2. The number of nitrogens with one attached hydrogen (secondary N) is 1. The molecule has 0 aliphatic rings. The Morgan fingerprint density at radius 3 is 2.50 bits per heavy atom. The number of nitrogens with zero attached hydrogens (tertiary/aromatic N) is 1. The number of hydrogen-bond donors (Lipinski definition) is 1. The standard InChI is InChI=1S/C15H17FN2S2/c1-9(2)14-10(3)17-13(18-15(14)19)8-20-12-6-4-11(16)5-7-12/h4-7,9H,8H2,1-3H3,(H,17,18,19). The molecule has 0 atom stereocenters. The Kier molecular flexibility index (Phi) is 4.94. The number of hydrogen-bond acceptors (Lipinski definition) is 3. The second-order valence-corrected chi connectivity index (χ2v) is 6.36. The molecule has 0 spiro atoms. The van der Waals surface area contributed by atoms with Gasteiger partial charge in [-0.2, -0.15) is 0 Å². The van der Waals surface area contributed by atoms with Crippen LogP contribution in [0.5, 0.6) is 0 Å². The number of H-pyrrole nitrogens is 1. The van der Waals surface area contributed by atoms with Gasteiger partial charge in [0.25, 0.3) is 0 Å². The lowest BCUT2D eigenvalue weighted by Crippen LogP contribution is -2.03. The summed E-state index contributed by atoms with van der Waals surface area (Å²) in [6, 6.07) is 6.46. The van der Waals surface area contributed by atoms with Crippen LogP contribution in [0.15, 0.2) is 29.2 Å². The van der Waals surface area contributed by atoms with Gasteiger partial charge in [0.2, 0.25) is 0 Å². The summed E-state index contributed by atoms with van der Waals surface area (Å²) >= 11 is 6.97. The second-order valence-electron chi connectivity index (χ2n) is 4.92. The second kappa shape index (κ2) is 6.50. The van der Waals surface area contributed by atoms with Crippen molar-refractivity contribution in [3.8, 4) is 0 Å². The van der Waals surface area contributed by atoms with E-state index in [-0.39, 0.29) is 5.82 Å². The third-order valence-electron chi connectivity index (χ3n) is 2.97. The van der Waals surface area contributed by atoms with Gasteiger partial charge in [-0.25, -0.2) is 9.37 Å². The number of aryl methyl sites for hydroxylation is 1. The molecule has 0 bridgehead atoms. The summed E-state index contributed by atoms with van der Waals surface area (Å²) in [5.41, 5.74) is 2.19. The Morgan fingerprint density at radius 1 is 1.30 bits per heavy atom. The quantitative estimate of drug-likeness (QED) is 0.636. The van der Waals surface area contributed by atoms with E-state index in [1.165, 1.54) is 12.1 Å². The molecule has 0 aliphatic heterocycles. The Hall–Kier alpha value is -1.20. The number of rotatable bonds is 4. The van der Waals surface area contributed by atoms with E-state index in [9.17, 15) is 4.39 Å². The monoisotopic (exact) mass is 308 g/mol. The molecule has 1 heterocycles. The maximum absolute atomic E-state index is 12.8. The summed E-state index contributed by atoms with van der Waals surface area (Å²) < 4.78 is 13.5. The molecular formula is C15H17FN2S2. The van der Waals surface area contributed by atoms with Gasteiger partial charge >= 0.3 is 0 Å². The van der Waals surface area contributed by atoms with E-state index >= 15 is 0 Å². The summed E-state index contributed by atoms with van der Waals surface area (Å²) in [5, 5.41) is 0. The number of benzene rings is 1. The van der Waals surface area contributed by atoms with Gasteiger partial charge in [0.1, 0.15) is 16.3 Å². The molecule has 5 heteroatoms. The Balaban J connectivity index is 2.15. The fraction of sp³-hybridized carbons (Fsp3) is 0.333. The van der Waals surface area contributed by atoms with E-state index in [1.807, 2.05) is 6.92 Å². The van der Waals surface area contributed by atoms with Crippen molar-refractivity contribution in [3.63, 3.8) is 0 Å². The molecule has 1 N–H and O–H groups in total. The lowest BCUT2D eigenvalue weighted by molar-refractivity contribution is 0.626. The van der Waals surface area contributed by atoms with Gasteiger partial charge in [-0.05, 0) is 37.1 Å². The van der Waals surface area contributed by atoms with Crippen molar-refractivity contribution in [2.45, 2.75) is 37.3 Å². The summed E-state index contributed by atoms with van der Waals surface area (Å²) in [4.78, 5) is 8.77. The first-order valence-electron chi connectivity index (χ1n) is 6.45. The molecule has 0 unspecified atom stereocenters. The molecule has 0 saturated carbocycles. The van der Waals surface area contributed by atoms with Crippen LogP contribution in [-0.2, 0) is 5.75 Å². The highest BCUT2D eigenvalue weighted by molar-refractivity contribution is 7.98. The van der Waals surface area contributed by atoms with Crippen LogP contribution in [0.25, 0.3) is 0 Å². The molecule has 106 valence electrons. The maximum Gasteiger partial charge on any atom is 0.133 e. The zero-order chi connectivity index (χ0) is 14.7. The molecule has 0 saturated heterocycles. The van der Waals surface area contributed by atoms with Crippen LogP contribution in [0.3, 0.4) is 0 Å². The first-order valence-corrected chi connectivity index (χ1v) is 7.85. The molecular weight excluding hydrogens is 291 g/mol. The summed E-state index contributed by atoms with van der Waals surface area (Å²) in [7, 11) is 0. The zero-order valence-electron chi connectivity index (χ0n) is 11.7. The number of halogens is 1. The van der Waals surface area contributed by atoms with Gasteiger partial charge in [-0.15, -0.1) is 11.8 Å². The highest BCUT2D eigenvalue weighted by Crippen LogP contribution is 2.23. The molecule has 2 aromatic rings. The first kappa shape index (κ1) is 15.2. The highest BCUT2D eigenvalue weighted by atomic mass is 32.2. The van der Waals surface area contributed by atoms with Crippen LogP contribution in [0.2, 0.25) is 0 Å². The fourth-order valence-electron chi connectivity index (χ4n) is 2.09. The number of thioether (sulfide) groups is 1. The van der Waals surface area contributed by atoms with Crippen LogP contribution in [-0.4, -0.2) is 9.97 Å². The average Bonchev–Trinajstić information content (AvgIpc) is 2.37. The summed E-state index contributed by atoms with van der Waals surface area (Å²) in [6.45, 7) is 6.25. The molecule has 2 rings (SSSR count). The lowest BCUT2D eigenvalue weighted by Gasteiger charge is -2.11. The third kappa shape index (κ3) is 3.67. The van der Waals surface area contributed by atoms with E-state index in [0.29, 0.717) is 16.3 Å². The smallest absolute Gasteiger partial charge is 0.133 e. The Morgan fingerprint density at radius 2 is 1.95 bits per heavy atom. The Labute approximate surface area is 127 Å². The number of aromatic amines is 1. The molecule has 0 amide bonds. The summed E-state index contributed by atoms with van der Waals surface area (Å²) in [5.74, 6) is 1.69. The van der Waals surface area contributed by atoms with Gasteiger partial charge in [0.15, 0.2) is 0 Å². The topological polar surface area (TPSA) is 28.7 Å². The Bertz CT molecular complexity index is 648. The third-order valence-corrected chi connectivity index (χ3v) is 4.30. The van der Waals surface area contributed by atoms with Crippen LogP contribution in [0, 0.1) is 17.4 Å². The molecule has 0 fully saturated rings. The van der Waals surface area contributed by atoms with Crippen molar-refractivity contribution >= 4 is 24.0 Å². The predicted octanol–water partition coefficient (Wildman–Crippen LogP) is 5.00. The fourth-order valence-corrected chi connectivity index (χ4v) is 3.35. The molecule has 2 nitrogen and oxygen atoms in total. The molecule has 1 aromatic carbocycles. The largest absolute Gasteiger partial charge is 0.346 e. The maximum atomic E-state index is 12.8. The van der Waals surface area contributed by atoms with Gasteiger partial charge in [-0.1, -0.05) is 26.1 Å². The van der Waals surface area contributed by atoms with E-state index in [1.54, 1.807) is 23.9 Å². The predicted molar refractivity (Wildman–Crippen MR) is 84.2 cm³/mol. The lowest BCUT2D eigenvalue weighted by atomic mass is 10.0. The van der Waals surface area contributed by atoms with Crippen LogP contribution >= 0.6 is 24.0 Å². The van der Waals surface area contributed by atoms with Crippen LogP contribution < -0.4 is 0 Å². The molecule has 1 aromatic heterocycles. The van der Waals surface area contributed by atoms with Gasteiger partial charge in [0.05, 0.1) is 5.75 Å². The van der Waals surface area contributed by atoms with Crippen LogP contribution in [0.4, 0.5) is 4.39 Å². The van der Waals surface area contributed by atoms with Crippen molar-refractivity contribution in [3.05, 3.63) is 51.8 Å². The van der Waals surface area contributed by atoms with E-state index in [2.05, 4.69) is 23.8 Å². The minimum absolute atomic E-state index is 0.219. The van der Waals surface area contributed by atoms with E-state index < -0.39 is 0 Å². The summed E-state index contributed by atoms with van der Waals surface area (Å²) in [6.07, 6.45) is 0. The van der Waals surface area contributed by atoms with Crippen molar-refractivity contribution in [1.82, 2.24) is 9.97 Å². The SMILES string of the molecule is Cc1[nH]c(CSc2ccc(F)cc2)nc(=S)c1C(C)C. The molecule has 0 aliphatic carbocycles. The highest BCUT2D eigenvalue weighted by Gasteiger charge is 2.09. The van der Waals surface area contributed by atoms with Crippen molar-refractivity contribution in [2.24, 2.45) is 0 Å². The normalized spacial score (nSPS) is 11.1. The minimum Gasteiger partial charge on any atom is -0.346 e.